The number of pyridine rings is 1. The highest BCUT2D eigenvalue weighted by Crippen LogP contribution is 2.21. The first kappa shape index (κ1) is 12.1. The highest BCUT2D eigenvalue weighted by Gasteiger charge is 2.05. The van der Waals surface area contributed by atoms with Crippen LogP contribution in [0.4, 0.5) is 0 Å². The molecule has 0 radical (unpaired) electrons. The van der Waals surface area contributed by atoms with Crippen molar-refractivity contribution in [2.45, 2.75) is 20.8 Å². The first-order chi connectivity index (χ1) is 7.99. The van der Waals surface area contributed by atoms with Gasteiger partial charge in [-0.15, -0.1) is 0 Å². The van der Waals surface area contributed by atoms with E-state index in [1.807, 2.05) is 26.0 Å². The molecule has 3 heteroatoms. The summed E-state index contributed by atoms with van der Waals surface area (Å²) < 4.78 is 3.18. The van der Waals surface area contributed by atoms with Crippen molar-refractivity contribution < 1.29 is 0 Å². The van der Waals surface area contributed by atoms with Crippen molar-refractivity contribution in [3.63, 3.8) is 0 Å². The fourth-order valence-corrected chi connectivity index (χ4v) is 2.28. The zero-order valence-corrected chi connectivity index (χ0v) is 11.7. The molecule has 0 aliphatic rings. The fraction of sp³-hybridized carbons (Fsp3) is 0.214. The highest BCUT2D eigenvalue weighted by atomic mass is 79.9. The summed E-state index contributed by atoms with van der Waals surface area (Å²) in [6.45, 7) is 5.96. The third kappa shape index (κ3) is 2.34. The quantitative estimate of drug-likeness (QED) is 0.788. The van der Waals surface area contributed by atoms with E-state index in [0.29, 0.717) is 0 Å². The second-order valence-corrected chi connectivity index (χ2v) is 5.10. The monoisotopic (exact) mass is 291 g/mol. The van der Waals surface area contributed by atoms with Gasteiger partial charge in [0.2, 0.25) is 0 Å². The first-order valence-corrected chi connectivity index (χ1v) is 6.25. The van der Waals surface area contributed by atoms with Gasteiger partial charge in [0.1, 0.15) is 0 Å². The van der Waals surface area contributed by atoms with E-state index in [9.17, 15) is 4.79 Å². The van der Waals surface area contributed by atoms with Crippen LogP contribution in [0.2, 0.25) is 0 Å². The number of rotatable bonds is 1. The molecule has 0 aliphatic heterocycles. The molecule has 0 aliphatic carbocycles. The van der Waals surface area contributed by atoms with Crippen molar-refractivity contribution in [2.24, 2.45) is 0 Å². The Bertz CT molecular complexity index is 602. The van der Waals surface area contributed by atoms with Crippen LogP contribution < -0.4 is 5.43 Å². The molecule has 1 heterocycles. The molecule has 2 rings (SSSR count). The summed E-state index contributed by atoms with van der Waals surface area (Å²) in [4.78, 5) is 11.4. The van der Waals surface area contributed by atoms with E-state index in [4.69, 9.17) is 0 Å². The van der Waals surface area contributed by atoms with Crippen molar-refractivity contribution in [2.75, 3.05) is 0 Å². The lowest BCUT2D eigenvalue weighted by molar-refractivity contribution is 0.920. The van der Waals surface area contributed by atoms with Crippen LogP contribution >= 0.6 is 15.9 Å². The van der Waals surface area contributed by atoms with Gasteiger partial charge in [0.15, 0.2) is 5.43 Å². The molecule has 1 aromatic heterocycles. The number of hydrogen-bond acceptors (Lipinski definition) is 1. The molecule has 0 saturated carbocycles. The molecule has 0 spiro atoms. The van der Waals surface area contributed by atoms with E-state index >= 15 is 0 Å². The van der Waals surface area contributed by atoms with Crippen LogP contribution in [-0.2, 0) is 0 Å². The first-order valence-electron chi connectivity index (χ1n) is 5.46. The van der Waals surface area contributed by atoms with Gasteiger partial charge in [-0.25, -0.2) is 0 Å². The topological polar surface area (TPSA) is 22.0 Å². The minimum atomic E-state index is 0.0603. The molecule has 0 amide bonds. The summed E-state index contributed by atoms with van der Waals surface area (Å²) in [6.07, 6.45) is 0. The van der Waals surface area contributed by atoms with E-state index < -0.39 is 0 Å². The largest absolute Gasteiger partial charge is 0.318 e. The Morgan fingerprint density at radius 2 is 1.59 bits per heavy atom. The van der Waals surface area contributed by atoms with Gasteiger partial charge in [0.05, 0.1) is 0 Å². The maximum Gasteiger partial charge on any atom is 0.182 e. The summed E-state index contributed by atoms with van der Waals surface area (Å²) >= 11 is 3.49. The van der Waals surface area contributed by atoms with Gasteiger partial charge in [0, 0.05) is 33.7 Å². The molecule has 0 saturated heterocycles. The minimum Gasteiger partial charge on any atom is -0.318 e. The normalized spacial score (nSPS) is 10.6. The van der Waals surface area contributed by atoms with Gasteiger partial charge in [0.25, 0.3) is 0 Å². The van der Waals surface area contributed by atoms with Gasteiger partial charge < -0.3 is 4.57 Å². The highest BCUT2D eigenvalue weighted by molar-refractivity contribution is 9.10. The molecule has 17 heavy (non-hydrogen) atoms. The SMILES string of the molecule is Cc1cc(-n2c(C)cc(=O)cc2C)ccc1Br. The van der Waals surface area contributed by atoms with Crippen LogP contribution in [0.3, 0.4) is 0 Å². The van der Waals surface area contributed by atoms with Crippen LogP contribution in [-0.4, -0.2) is 4.57 Å². The average Bonchev–Trinajstić information content (AvgIpc) is 2.21. The van der Waals surface area contributed by atoms with Crippen LogP contribution in [0.5, 0.6) is 0 Å². The van der Waals surface area contributed by atoms with Gasteiger partial charge in [-0.3, -0.25) is 4.79 Å². The summed E-state index contributed by atoms with van der Waals surface area (Å²) in [5.74, 6) is 0. The molecular formula is C14H14BrNO. The molecular weight excluding hydrogens is 278 g/mol. The third-order valence-corrected chi connectivity index (χ3v) is 3.70. The second-order valence-electron chi connectivity index (χ2n) is 4.24. The lowest BCUT2D eigenvalue weighted by atomic mass is 10.2. The number of halogens is 1. The molecule has 2 aromatic rings. The number of aryl methyl sites for hydroxylation is 3. The Morgan fingerprint density at radius 1 is 1.00 bits per heavy atom. The summed E-state index contributed by atoms with van der Waals surface area (Å²) in [5, 5.41) is 0. The Kier molecular flexibility index (Phi) is 3.20. The van der Waals surface area contributed by atoms with Gasteiger partial charge in [-0.05, 0) is 44.5 Å². The van der Waals surface area contributed by atoms with Crippen LogP contribution in [0.25, 0.3) is 5.69 Å². The third-order valence-electron chi connectivity index (χ3n) is 2.81. The number of benzene rings is 1. The summed E-state index contributed by atoms with van der Waals surface area (Å²) in [5.41, 5.74) is 4.24. The molecule has 0 bridgehead atoms. The second kappa shape index (κ2) is 4.49. The molecule has 0 fully saturated rings. The molecule has 2 nitrogen and oxygen atoms in total. The number of aromatic nitrogens is 1. The maximum absolute atomic E-state index is 11.4. The van der Waals surface area contributed by atoms with E-state index in [1.54, 1.807) is 12.1 Å². The summed E-state index contributed by atoms with van der Waals surface area (Å²) in [7, 11) is 0. The van der Waals surface area contributed by atoms with Crippen LogP contribution in [0, 0.1) is 20.8 Å². The van der Waals surface area contributed by atoms with Crippen molar-refractivity contribution in [3.8, 4) is 5.69 Å². The average molecular weight is 292 g/mol. The zero-order chi connectivity index (χ0) is 12.6. The standard InChI is InChI=1S/C14H14BrNO/c1-9-6-12(4-5-14(9)15)16-10(2)7-13(17)8-11(16)3/h4-8H,1-3H3. The van der Waals surface area contributed by atoms with Gasteiger partial charge in [-0.1, -0.05) is 15.9 Å². The molecule has 0 unspecified atom stereocenters. The Hall–Kier alpha value is -1.35. The van der Waals surface area contributed by atoms with Gasteiger partial charge >= 0.3 is 0 Å². The maximum atomic E-state index is 11.4. The van der Waals surface area contributed by atoms with Crippen molar-refractivity contribution >= 4 is 15.9 Å². The van der Waals surface area contributed by atoms with Crippen LogP contribution in [0.1, 0.15) is 17.0 Å². The van der Waals surface area contributed by atoms with E-state index in [1.165, 1.54) is 5.56 Å². The Labute approximate surface area is 109 Å². The predicted octanol–water partition coefficient (Wildman–Crippen LogP) is 3.53. The number of hydrogen-bond donors (Lipinski definition) is 0. The van der Waals surface area contributed by atoms with Crippen molar-refractivity contribution in [1.82, 2.24) is 4.57 Å². The zero-order valence-electron chi connectivity index (χ0n) is 10.1. The molecule has 0 atom stereocenters. The Morgan fingerprint density at radius 3 is 2.12 bits per heavy atom. The molecule has 1 aromatic carbocycles. The van der Waals surface area contributed by atoms with E-state index in [2.05, 4.69) is 33.5 Å². The Balaban J connectivity index is 2.68. The molecule has 88 valence electrons. The molecule has 0 N–H and O–H groups in total. The predicted molar refractivity (Wildman–Crippen MR) is 74.0 cm³/mol. The number of nitrogens with zero attached hydrogens (tertiary/aromatic N) is 1. The smallest absolute Gasteiger partial charge is 0.182 e. The van der Waals surface area contributed by atoms with Crippen molar-refractivity contribution in [3.05, 3.63) is 62.0 Å². The lowest BCUT2D eigenvalue weighted by Gasteiger charge is -2.15. The summed E-state index contributed by atoms with van der Waals surface area (Å²) in [6, 6.07) is 9.49. The fourth-order valence-electron chi connectivity index (χ4n) is 2.04. The van der Waals surface area contributed by atoms with Gasteiger partial charge in [-0.2, -0.15) is 0 Å². The minimum absolute atomic E-state index is 0.0603. The van der Waals surface area contributed by atoms with Crippen LogP contribution in [0.15, 0.2) is 39.6 Å². The van der Waals surface area contributed by atoms with E-state index in [-0.39, 0.29) is 5.43 Å². The lowest BCUT2D eigenvalue weighted by Crippen LogP contribution is -2.11. The van der Waals surface area contributed by atoms with Crippen molar-refractivity contribution in [1.29, 1.82) is 0 Å². The van der Waals surface area contributed by atoms with E-state index in [0.717, 1.165) is 21.5 Å².